The van der Waals surface area contributed by atoms with E-state index in [0.29, 0.717) is 52.0 Å². The number of para-hydroxylation sites is 1. The highest BCUT2D eigenvalue weighted by Crippen LogP contribution is 2.30. The fourth-order valence-electron chi connectivity index (χ4n) is 4.00. The van der Waals surface area contributed by atoms with Crippen LogP contribution in [-0.4, -0.2) is 41.1 Å². The van der Waals surface area contributed by atoms with Gasteiger partial charge in [0, 0.05) is 13.2 Å². The van der Waals surface area contributed by atoms with E-state index in [4.69, 9.17) is 18.3 Å². The van der Waals surface area contributed by atoms with Gasteiger partial charge in [0.1, 0.15) is 18.1 Å². The van der Waals surface area contributed by atoms with Gasteiger partial charge in [-0.15, -0.1) is 5.10 Å². The van der Waals surface area contributed by atoms with Crippen LogP contribution in [0.2, 0.25) is 0 Å². The first-order chi connectivity index (χ1) is 19.0. The zero-order chi connectivity index (χ0) is 27.4. The third-order valence-corrected chi connectivity index (χ3v) is 6.13. The van der Waals surface area contributed by atoms with Crippen LogP contribution in [0.5, 0.6) is 11.5 Å². The molecule has 2 aromatic carbocycles. The molecule has 0 bridgehead atoms. The van der Waals surface area contributed by atoms with E-state index in [1.165, 1.54) is 12.0 Å². The number of rotatable bonds is 10. The number of furan rings is 1. The first-order valence-corrected chi connectivity index (χ1v) is 12.1. The number of benzene rings is 2. The van der Waals surface area contributed by atoms with E-state index in [1.54, 1.807) is 61.4 Å². The molecule has 0 N–H and O–H groups in total. The maximum absolute atomic E-state index is 13.1. The largest absolute Gasteiger partial charge is 0.493 e. The molecule has 10 heteroatoms. The highest BCUT2D eigenvalue weighted by Gasteiger charge is 2.21. The lowest BCUT2D eigenvalue weighted by molar-refractivity contribution is -0.117. The average Bonchev–Trinajstić information content (AvgIpc) is 3.72. The topological polar surface area (TPSA) is 113 Å². The monoisotopic (exact) mass is 526 g/mol. The van der Waals surface area contributed by atoms with Gasteiger partial charge in [-0.3, -0.25) is 14.5 Å². The number of aldehydes is 1. The average molecular weight is 527 g/mol. The molecule has 0 aliphatic heterocycles. The van der Waals surface area contributed by atoms with Crippen LogP contribution in [0.25, 0.3) is 17.3 Å². The Morgan fingerprint density at radius 2 is 1.92 bits per heavy atom. The van der Waals surface area contributed by atoms with Gasteiger partial charge in [-0.2, -0.15) is 0 Å². The van der Waals surface area contributed by atoms with Crippen LogP contribution in [-0.2, 0) is 17.8 Å². The molecule has 0 radical (unpaired) electrons. The second-order valence-corrected chi connectivity index (χ2v) is 8.71. The number of aromatic nitrogens is 3. The Kier molecular flexibility index (Phi) is 7.26. The van der Waals surface area contributed by atoms with Crippen LogP contribution in [0.15, 0.2) is 82.0 Å². The van der Waals surface area contributed by atoms with Gasteiger partial charge in [0.15, 0.2) is 29.4 Å². The second kappa shape index (κ2) is 11.1. The summed E-state index contributed by atoms with van der Waals surface area (Å²) in [5.41, 5.74) is 2.44. The molecule has 0 fully saturated rings. The normalized spacial score (nSPS) is 10.8. The van der Waals surface area contributed by atoms with Gasteiger partial charge in [0.2, 0.25) is 5.91 Å². The number of carbonyl (C=O) groups is 2. The summed E-state index contributed by atoms with van der Waals surface area (Å²) < 4.78 is 24.1. The minimum Gasteiger partial charge on any atom is -0.493 e. The molecule has 39 heavy (non-hydrogen) atoms. The molecule has 0 atom stereocenters. The summed E-state index contributed by atoms with van der Waals surface area (Å²) >= 11 is 0. The van der Waals surface area contributed by atoms with Gasteiger partial charge in [-0.05, 0) is 48.9 Å². The third kappa shape index (κ3) is 5.45. The van der Waals surface area contributed by atoms with Crippen molar-refractivity contribution in [3.8, 4) is 28.8 Å². The van der Waals surface area contributed by atoms with Gasteiger partial charge in [-0.1, -0.05) is 24.3 Å². The number of ether oxygens (including phenoxy) is 2. The number of hydrogen-bond acceptors (Lipinski definition) is 8. The van der Waals surface area contributed by atoms with Crippen molar-refractivity contribution in [1.29, 1.82) is 0 Å². The number of anilines is 1. The Hall–Kier alpha value is -5.12. The fraction of sp³-hybridized carbons (Fsp3) is 0.172. The molecule has 0 saturated carbocycles. The van der Waals surface area contributed by atoms with Crippen LogP contribution >= 0.6 is 0 Å². The van der Waals surface area contributed by atoms with Crippen molar-refractivity contribution in [2.75, 3.05) is 19.1 Å². The lowest BCUT2D eigenvalue weighted by Gasteiger charge is -2.16. The number of hydrogen-bond donors (Lipinski definition) is 0. The van der Waals surface area contributed by atoms with Gasteiger partial charge < -0.3 is 18.3 Å². The van der Waals surface area contributed by atoms with E-state index < -0.39 is 0 Å². The summed E-state index contributed by atoms with van der Waals surface area (Å²) in [6.45, 7) is 1.96. The maximum Gasteiger partial charge on any atom is 0.263 e. The zero-order valence-corrected chi connectivity index (χ0v) is 21.7. The Morgan fingerprint density at radius 1 is 1.10 bits per heavy atom. The Morgan fingerprint density at radius 3 is 2.64 bits per heavy atom. The molecule has 3 heterocycles. The quantitative estimate of drug-likeness (QED) is 0.233. The van der Waals surface area contributed by atoms with Gasteiger partial charge >= 0.3 is 0 Å². The van der Waals surface area contributed by atoms with Crippen molar-refractivity contribution in [2.45, 2.75) is 20.0 Å². The number of amides is 1. The van der Waals surface area contributed by atoms with Crippen molar-refractivity contribution in [2.24, 2.45) is 0 Å². The first-order valence-electron chi connectivity index (χ1n) is 12.1. The molecule has 5 aromatic rings. The number of methoxy groups -OCH3 is 1. The van der Waals surface area contributed by atoms with Crippen LogP contribution in [0.4, 0.5) is 5.82 Å². The molecule has 198 valence electrons. The Balaban J connectivity index is 1.27. The number of nitrogens with zero attached hydrogens (tertiary/aromatic N) is 4. The van der Waals surface area contributed by atoms with E-state index in [2.05, 4.69) is 10.1 Å². The highest BCUT2D eigenvalue weighted by molar-refractivity contribution is 5.97. The van der Waals surface area contributed by atoms with Gasteiger partial charge in [-0.25, -0.2) is 9.67 Å². The summed E-state index contributed by atoms with van der Waals surface area (Å²) in [4.78, 5) is 30.6. The minimum absolute atomic E-state index is 0.0680. The summed E-state index contributed by atoms with van der Waals surface area (Å²) in [6.07, 6.45) is 3.91. The molecule has 0 spiro atoms. The van der Waals surface area contributed by atoms with E-state index in [9.17, 15) is 9.59 Å². The predicted molar refractivity (Wildman–Crippen MR) is 142 cm³/mol. The first kappa shape index (κ1) is 25.5. The minimum atomic E-state index is -0.240. The summed E-state index contributed by atoms with van der Waals surface area (Å²) in [6, 6.07) is 18.2. The van der Waals surface area contributed by atoms with E-state index in [1.807, 2.05) is 30.3 Å². The third-order valence-electron chi connectivity index (χ3n) is 6.13. The second-order valence-electron chi connectivity index (χ2n) is 8.71. The Labute approximate surface area is 224 Å². The molecule has 0 saturated heterocycles. The molecule has 10 nitrogen and oxygen atoms in total. The lowest BCUT2D eigenvalue weighted by Crippen LogP contribution is -2.29. The molecule has 5 rings (SSSR count). The van der Waals surface area contributed by atoms with E-state index in [-0.39, 0.29) is 24.8 Å². The van der Waals surface area contributed by atoms with Crippen molar-refractivity contribution < 1.29 is 27.9 Å². The SMILES string of the molecule is COc1cc(CC(=O)N(C)c2nn(-c3ccccc3)cc2C=O)ccc1OCc1nc(-c2ccco2)oc1C. The highest BCUT2D eigenvalue weighted by atomic mass is 16.5. The van der Waals surface area contributed by atoms with Crippen molar-refractivity contribution in [3.05, 3.63) is 95.7 Å². The summed E-state index contributed by atoms with van der Waals surface area (Å²) in [7, 11) is 3.13. The fourth-order valence-corrected chi connectivity index (χ4v) is 4.00. The van der Waals surface area contributed by atoms with Crippen molar-refractivity contribution in [3.63, 3.8) is 0 Å². The zero-order valence-electron chi connectivity index (χ0n) is 21.7. The predicted octanol–water partition coefficient (Wildman–Crippen LogP) is 5.03. The van der Waals surface area contributed by atoms with E-state index >= 15 is 0 Å². The molecule has 1 amide bonds. The van der Waals surface area contributed by atoms with Crippen LogP contribution < -0.4 is 14.4 Å². The lowest BCUT2D eigenvalue weighted by atomic mass is 10.1. The number of aryl methyl sites for hydroxylation is 1. The molecule has 0 aliphatic carbocycles. The molecule has 0 aliphatic rings. The molecule has 0 unspecified atom stereocenters. The van der Waals surface area contributed by atoms with Crippen molar-refractivity contribution in [1.82, 2.24) is 14.8 Å². The Bertz CT molecular complexity index is 1590. The number of carbonyl (C=O) groups excluding carboxylic acids is 2. The number of likely N-dealkylation sites (N-methyl/N-ethyl adjacent to an activating group) is 1. The van der Waals surface area contributed by atoms with Gasteiger partial charge in [0.05, 0.1) is 31.0 Å². The maximum atomic E-state index is 13.1. The standard InChI is InChI=1S/C29H26N4O6/c1-19-23(30-29(39-19)25-10-7-13-37-25)18-38-24-12-11-20(14-26(24)36-3)15-27(35)32(2)28-21(17-34)16-33(31-28)22-8-5-4-6-9-22/h4-14,16-17H,15,18H2,1-3H3. The molecule has 3 aromatic heterocycles. The molecular formula is C29H26N4O6. The van der Waals surface area contributed by atoms with E-state index in [0.717, 1.165) is 5.69 Å². The van der Waals surface area contributed by atoms with Crippen LogP contribution in [0.1, 0.15) is 27.4 Å². The van der Waals surface area contributed by atoms with Gasteiger partial charge in [0.25, 0.3) is 5.89 Å². The smallest absolute Gasteiger partial charge is 0.263 e. The summed E-state index contributed by atoms with van der Waals surface area (Å²) in [5.74, 6) is 2.54. The molecular weight excluding hydrogens is 500 g/mol. The van der Waals surface area contributed by atoms with Crippen LogP contribution in [0.3, 0.4) is 0 Å². The van der Waals surface area contributed by atoms with Crippen molar-refractivity contribution >= 4 is 18.0 Å². The van der Waals surface area contributed by atoms with Crippen LogP contribution in [0, 0.1) is 6.92 Å². The number of oxazole rings is 1. The summed E-state index contributed by atoms with van der Waals surface area (Å²) in [5, 5.41) is 4.47.